The fraction of sp³-hybridized carbons (Fsp3) is 0.867. The lowest BCUT2D eigenvalue weighted by molar-refractivity contribution is 0.0447. The normalized spacial score (nSPS) is 51.5. The average Bonchev–Trinajstić information content (AvgIpc) is 2.68. The highest BCUT2D eigenvalue weighted by atomic mass is 14.7. The van der Waals surface area contributed by atoms with Gasteiger partial charge in [-0.2, -0.15) is 0 Å². The zero-order valence-corrected chi connectivity index (χ0v) is 10.7. The van der Waals surface area contributed by atoms with E-state index in [0.29, 0.717) is 16.2 Å². The maximum absolute atomic E-state index is 2.61. The summed E-state index contributed by atoms with van der Waals surface area (Å²) in [6.07, 6.45) is 9.99. The lowest BCUT2D eigenvalue weighted by Crippen LogP contribution is -2.41. The van der Waals surface area contributed by atoms with Gasteiger partial charge in [-0.25, -0.2) is 0 Å². The van der Waals surface area contributed by atoms with Gasteiger partial charge in [0.2, 0.25) is 0 Å². The Morgan fingerprint density at radius 3 is 2.60 bits per heavy atom. The van der Waals surface area contributed by atoms with Crippen LogP contribution in [0.15, 0.2) is 11.6 Å². The van der Waals surface area contributed by atoms with Crippen molar-refractivity contribution >= 4 is 0 Å². The summed E-state index contributed by atoms with van der Waals surface area (Å²) in [5.41, 5.74) is 3.44. The SMILES string of the molecule is CC1=CC(C)(C)[C@]23CCC[C@]12[C@H](C)CC3. The van der Waals surface area contributed by atoms with E-state index in [4.69, 9.17) is 0 Å². The van der Waals surface area contributed by atoms with Crippen molar-refractivity contribution in [3.05, 3.63) is 11.6 Å². The second kappa shape index (κ2) is 2.52. The first-order chi connectivity index (χ1) is 6.96. The summed E-state index contributed by atoms with van der Waals surface area (Å²) in [6.45, 7) is 9.89. The van der Waals surface area contributed by atoms with Crippen LogP contribution in [-0.2, 0) is 0 Å². The van der Waals surface area contributed by atoms with Gasteiger partial charge in [0, 0.05) is 0 Å². The molecule has 0 aromatic heterocycles. The molecule has 15 heavy (non-hydrogen) atoms. The highest BCUT2D eigenvalue weighted by molar-refractivity contribution is 5.37. The summed E-state index contributed by atoms with van der Waals surface area (Å²) >= 11 is 0. The van der Waals surface area contributed by atoms with Crippen molar-refractivity contribution in [2.24, 2.45) is 22.2 Å². The molecule has 3 aliphatic rings. The van der Waals surface area contributed by atoms with Gasteiger partial charge in [0.1, 0.15) is 0 Å². The lowest BCUT2D eigenvalue weighted by Gasteiger charge is -2.46. The van der Waals surface area contributed by atoms with Crippen LogP contribution >= 0.6 is 0 Å². The van der Waals surface area contributed by atoms with Crippen molar-refractivity contribution in [2.75, 3.05) is 0 Å². The number of rotatable bonds is 0. The summed E-state index contributed by atoms with van der Waals surface area (Å²) < 4.78 is 0. The Balaban J connectivity index is 2.23. The molecule has 84 valence electrons. The molecule has 0 spiro atoms. The molecule has 0 amide bonds. The Bertz CT molecular complexity index is 336. The quantitative estimate of drug-likeness (QED) is 0.507. The maximum atomic E-state index is 2.61. The Kier molecular flexibility index (Phi) is 1.67. The number of allylic oxidation sites excluding steroid dienone is 2. The Morgan fingerprint density at radius 2 is 1.93 bits per heavy atom. The van der Waals surface area contributed by atoms with Crippen LogP contribution in [0.1, 0.15) is 59.8 Å². The molecule has 0 saturated heterocycles. The lowest BCUT2D eigenvalue weighted by atomic mass is 9.57. The third kappa shape index (κ3) is 0.797. The first kappa shape index (κ1) is 9.93. The van der Waals surface area contributed by atoms with Crippen LogP contribution in [0.25, 0.3) is 0 Å². The molecule has 0 radical (unpaired) electrons. The highest BCUT2D eigenvalue weighted by Crippen LogP contribution is 2.77. The Morgan fingerprint density at radius 1 is 1.20 bits per heavy atom. The first-order valence-corrected chi connectivity index (χ1v) is 6.66. The smallest absolute Gasteiger partial charge is 0.0000595 e. The largest absolute Gasteiger partial charge is 0.0788 e. The van der Waals surface area contributed by atoms with E-state index in [1.165, 1.54) is 32.1 Å². The standard InChI is InChI=1S/C15H24/c1-11-6-9-14-7-5-8-15(11,14)12(2)10-13(14,3)4/h10-11H,5-9H2,1-4H3/t11-,14-,15+/m1/s1. The van der Waals surface area contributed by atoms with Crippen molar-refractivity contribution in [3.8, 4) is 0 Å². The first-order valence-electron chi connectivity index (χ1n) is 6.66. The van der Waals surface area contributed by atoms with E-state index < -0.39 is 0 Å². The summed E-state index contributed by atoms with van der Waals surface area (Å²) in [4.78, 5) is 0. The van der Waals surface area contributed by atoms with Crippen molar-refractivity contribution in [1.29, 1.82) is 0 Å². The molecule has 0 aromatic carbocycles. The van der Waals surface area contributed by atoms with E-state index in [9.17, 15) is 0 Å². The van der Waals surface area contributed by atoms with Gasteiger partial charge in [-0.15, -0.1) is 0 Å². The van der Waals surface area contributed by atoms with E-state index in [2.05, 4.69) is 33.8 Å². The molecule has 0 aromatic rings. The fourth-order valence-corrected chi connectivity index (χ4v) is 5.90. The van der Waals surface area contributed by atoms with Crippen LogP contribution in [0.4, 0.5) is 0 Å². The predicted molar refractivity (Wildman–Crippen MR) is 64.7 cm³/mol. The summed E-state index contributed by atoms with van der Waals surface area (Å²) in [5.74, 6) is 0.929. The van der Waals surface area contributed by atoms with E-state index in [1.54, 1.807) is 5.57 Å². The van der Waals surface area contributed by atoms with Gasteiger partial charge < -0.3 is 0 Å². The van der Waals surface area contributed by atoms with Crippen LogP contribution < -0.4 is 0 Å². The van der Waals surface area contributed by atoms with Gasteiger partial charge in [0.15, 0.2) is 0 Å². The summed E-state index contributed by atoms with van der Waals surface area (Å²) in [7, 11) is 0. The molecule has 0 bridgehead atoms. The second-order valence-electron chi connectivity index (χ2n) is 6.90. The van der Waals surface area contributed by atoms with Crippen molar-refractivity contribution in [2.45, 2.75) is 59.8 Å². The molecular weight excluding hydrogens is 180 g/mol. The molecule has 0 heterocycles. The second-order valence-corrected chi connectivity index (χ2v) is 6.90. The minimum absolute atomic E-state index is 0.457. The van der Waals surface area contributed by atoms with E-state index >= 15 is 0 Å². The van der Waals surface area contributed by atoms with Crippen LogP contribution in [0.5, 0.6) is 0 Å². The highest BCUT2D eigenvalue weighted by Gasteiger charge is 2.69. The molecule has 3 rings (SSSR count). The fourth-order valence-electron chi connectivity index (χ4n) is 5.90. The van der Waals surface area contributed by atoms with Crippen molar-refractivity contribution < 1.29 is 0 Å². The van der Waals surface area contributed by atoms with E-state index in [0.717, 1.165) is 5.92 Å². The van der Waals surface area contributed by atoms with Crippen molar-refractivity contribution in [1.82, 2.24) is 0 Å². The molecule has 0 N–H and O–H groups in total. The Labute approximate surface area is 94.1 Å². The van der Waals surface area contributed by atoms with Gasteiger partial charge in [-0.1, -0.05) is 38.8 Å². The average molecular weight is 204 g/mol. The zero-order valence-electron chi connectivity index (χ0n) is 10.7. The third-order valence-corrected chi connectivity index (χ3v) is 6.39. The van der Waals surface area contributed by atoms with Crippen LogP contribution in [0.2, 0.25) is 0 Å². The van der Waals surface area contributed by atoms with Crippen molar-refractivity contribution in [3.63, 3.8) is 0 Å². The minimum atomic E-state index is 0.457. The van der Waals surface area contributed by atoms with Gasteiger partial charge in [-0.05, 0) is 54.8 Å². The number of hydrogen-bond acceptors (Lipinski definition) is 0. The van der Waals surface area contributed by atoms with Gasteiger partial charge in [-0.3, -0.25) is 0 Å². The van der Waals surface area contributed by atoms with Gasteiger partial charge in [0.05, 0.1) is 0 Å². The van der Waals surface area contributed by atoms with E-state index in [1.807, 2.05) is 0 Å². The van der Waals surface area contributed by atoms with Crippen LogP contribution in [0.3, 0.4) is 0 Å². The minimum Gasteiger partial charge on any atom is -0.0788 e. The molecule has 3 atom stereocenters. The molecule has 0 nitrogen and oxygen atoms in total. The molecule has 0 aliphatic heterocycles. The number of hydrogen-bond donors (Lipinski definition) is 0. The zero-order chi connectivity index (χ0) is 10.9. The topological polar surface area (TPSA) is 0 Å². The maximum Gasteiger partial charge on any atom is -0.0000595 e. The van der Waals surface area contributed by atoms with Gasteiger partial charge in [0.25, 0.3) is 0 Å². The molecular formula is C15H24. The molecule has 0 unspecified atom stereocenters. The van der Waals surface area contributed by atoms with Gasteiger partial charge >= 0.3 is 0 Å². The van der Waals surface area contributed by atoms with E-state index in [-0.39, 0.29) is 0 Å². The predicted octanol–water partition coefficient (Wildman–Crippen LogP) is 4.56. The van der Waals surface area contributed by atoms with Crippen LogP contribution in [0, 0.1) is 22.2 Å². The Hall–Kier alpha value is -0.260. The molecule has 2 saturated carbocycles. The molecule has 2 fully saturated rings. The summed E-state index contributed by atoms with van der Waals surface area (Å²) in [6, 6.07) is 0. The summed E-state index contributed by atoms with van der Waals surface area (Å²) in [5, 5.41) is 0. The van der Waals surface area contributed by atoms with Crippen LogP contribution in [-0.4, -0.2) is 0 Å². The molecule has 3 aliphatic carbocycles. The molecule has 0 heteroatoms. The monoisotopic (exact) mass is 204 g/mol. The third-order valence-electron chi connectivity index (χ3n) is 6.39.